The Bertz CT molecular complexity index is 597. The summed E-state index contributed by atoms with van der Waals surface area (Å²) in [5, 5.41) is 0. The number of hydrogen-bond acceptors (Lipinski definition) is 3. The first-order valence-corrected chi connectivity index (χ1v) is 5.84. The number of nitrogens with zero attached hydrogens (tertiary/aromatic N) is 4. The number of imidazole rings is 2. The number of anilines is 1. The predicted octanol–water partition coefficient (Wildman–Crippen LogP) is 1.85. The van der Waals surface area contributed by atoms with Gasteiger partial charge in [-0.15, -0.1) is 6.42 Å². The molecule has 0 saturated heterocycles. The zero-order valence-electron chi connectivity index (χ0n) is 10.9. The van der Waals surface area contributed by atoms with E-state index in [0.29, 0.717) is 18.4 Å². The summed E-state index contributed by atoms with van der Waals surface area (Å²) < 4.78 is 3.87. The summed E-state index contributed by atoms with van der Waals surface area (Å²) in [7, 11) is 0. The van der Waals surface area contributed by atoms with E-state index in [9.17, 15) is 0 Å². The van der Waals surface area contributed by atoms with Crippen molar-refractivity contribution in [3.8, 4) is 23.7 Å². The van der Waals surface area contributed by atoms with Gasteiger partial charge in [0.25, 0.3) is 0 Å². The Kier molecular flexibility index (Phi) is 3.11. The molecule has 2 N–H and O–H groups in total. The highest BCUT2D eigenvalue weighted by molar-refractivity contribution is 5.68. The van der Waals surface area contributed by atoms with Gasteiger partial charge in [0, 0.05) is 6.04 Å². The molecule has 0 spiro atoms. The smallest absolute Gasteiger partial charge is 0.134 e. The molecule has 2 aromatic heterocycles. The molecule has 0 bridgehead atoms. The Hall–Kier alpha value is -2.22. The number of nitrogen functional groups attached to an aromatic ring is 1. The number of hydrogen-bond donors (Lipinski definition) is 1. The predicted molar refractivity (Wildman–Crippen MR) is 71.8 cm³/mol. The molecule has 2 heterocycles. The van der Waals surface area contributed by atoms with Crippen LogP contribution < -0.4 is 5.73 Å². The molecule has 0 radical (unpaired) electrons. The van der Waals surface area contributed by atoms with E-state index >= 15 is 0 Å². The standard InChI is InChI=1S/C13H17N5/c1-5-6-17-10(4)16-12(13(17)14)11-7-15-8-18(11)9(2)3/h1,7-9H,6,14H2,2-4H3. The molecule has 0 aliphatic carbocycles. The molecular weight excluding hydrogens is 226 g/mol. The fourth-order valence-corrected chi connectivity index (χ4v) is 1.96. The van der Waals surface area contributed by atoms with E-state index in [-0.39, 0.29) is 0 Å². The Balaban J connectivity index is 2.55. The van der Waals surface area contributed by atoms with Crippen LogP contribution in [0.3, 0.4) is 0 Å². The molecule has 94 valence electrons. The summed E-state index contributed by atoms with van der Waals surface area (Å²) in [6.45, 7) is 6.51. The van der Waals surface area contributed by atoms with Crippen molar-refractivity contribution in [2.75, 3.05) is 5.73 Å². The van der Waals surface area contributed by atoms with Crippen LogP contribution in [0.15, 0.2) is 12.5 Å². The molecule has 5 heteroatoms. The van der Waals surface area contributed by atoms with Gasteiger partial charge in [0.05, 0.1) is 24.8 Å². The van der Waals surface area contributed by atoms with Gasteiger partial charge < -0.3 is 14.9 Å². The molecule has 0 fully saturated rings. The van der Waals surface area contributed by atoms with Gasteiger partial charge in [-0.25, -0.2) is 9.97 Å². The normalized spacial score (nSPS) is 10.8. The van der Waals surface area contributed by atoms with Crippen molar-refractivity contribution in [1.29, 1.82) is 0 Å². The lowest BCUT2D eigenvalue weighted by Crippen LogP contribution is -2.05. The Morgan fingerprint density at radius 1 is 1.50 bits per heavy atom. The topological polar surface area (TPSA) is 61.7 Å². The fraction of sp³-hybridized carbons (Fsp3) is 0.385. The third-order valence-corrected chi connectivity index (χ3v) is 2.91. The summed E-state index contributed by atoms with van der Waals surface area (Å²) in [5.74, 6) is 3.99. The molecule has 0 aromatic carbocycles. The van der Waals surface area contributed by atoms with Gasteiger partial charge in [0.15, 0.2) is 0 Å². The molecular formula is C13H17N5. The van der Waals surface area contributed by atoms with Gasteiger partial charge >= 0.3 is 0 Å². The summed E-state index contributed by atoms with van der Waals surface area (Å²) in [6.07, 6.45) is 8.90. The Labute approximate surface area is 107 Å². The lowest BCUT2D eigenvalue weighted by Gasteiger charge is -2.10. The van der Waals surface area contributed by atoms with Crippen LogP contribution in [-0.2, 0) is 6.54 Å². The molecule has 0 aliphatic heterocycles. The minimum Gasteiger partial charge on any atom is -0.383 e. The average Bonchev–Trinajstić information content (AvgIpc) is 2.89. The number of aryl methyl sites for hydroxylation is 1. The van der Waals surface area contributed by atoms with Crippen molar-refractivity contribution in [3.05, 3.63) is 18.3 Å². The van der Waals surface area contributed by atoms with E-state index in [4.69, 9.17) is 12.2 Å². The highest BCUT2D eigenvalue weighted by Crippen LogP contribution is 2.27. The first kappa shape index (κ1) is 12.2. The molecule has 18 heavy (non-hydrogen) atoms. The van der Waals surface area contributed by atoms with Gasteiger partial charge in [-0.3, -0.25) is 0 Å². The van der Waals surface area contributed by atoms with Crippen molar-refractivity contribution in [1.82, 2.24) is 19.1 Å². The van der Waals surface area contributed by atoms with Gasteiger partial charge in [-0.2, -0.15) is 0 Å². The highest BCUT2D eigenvalue weighted by Gasteiger charge is 2.17. The lowest BCUT2D eigenvalue weighted by molar-refractivity contribution is 0.604. The first-order chi connectivity index (χ1) is 8.56. The van der Waals surface area contributed by atoms with E-state index in [1.807, 2.05) is 16.1 Å². The largest absolute Gasteiger partial charge is 0.383 e. The van der Waals surface area contributed by atoms with E-state index in [1.165, 1.54) is 0 Å². The monoisotopic (exact) mass is 243 g/mol. The van der Waals surface area contributed by atoms with Crippen molar-refractivity contribution >= 4 is 5.82 Å². The Morgan fingerprint density at radius 3 is 2.83 bits per heavy atom. The van der Waals surface area contributed by atoms with Crippen LogP contribution in [0.25, 0.3) is 11.4 Å². The zero-order chi connectivity index (χ0) is 13.3. The number of terminal acetylenes is 1. The quantitative estimate of drug-likeness (QED) is 0.837. The van der Waals surface area contributed by atoms with Crippen LogP contribution in [-0.4, -0.2) is 19.1 Å². The number of aromatic nitrogens is 4. The number of nitrogens with two attached hydrogens (primary N) is 1. The minimum atomic E-state index is 0.306. The van der Waals surface area contributed by atoms with Gasteiger partial charge in [0.1, 0.15) is 17.3 Å². The molecule has 5 nitrogen and oxygen atoms in total. The maximum absolute atomic E-state index is 6.11. The molecule has 0 saturated carbocycles. The first-order valence-electron chi connectivity index (χ1n) is 5.84. The van der Waals surface area contributed by atoms with Crippen LogP contribution in [0.1, 0.15) is 25.7 Å². The van der Waals surface area contributed by atoms with Crippen molar-refractivity contribution in [2.45, 2.75) is 33.4 Å². The van der Waals surface area contributed by atoms with E-state index in [0.717, 1.165) is 17.2 Å². The zero-order valence-corrected chi connectivity index (χ0v) is 10.9. The second-order valence-corrected chi connectivity index (χ2v) is 4.46. The van der Waals surface area contributed by atoms with E-state index in [2.05, 4.69) is 29.7 Å². The lowest BCUT2D eigenvalue weighted by atomic mass is 10.3. The van der Waals surface area contributed by atoms with E-state index < -0.39 is 0 Å². The molecule has 0 amide bonds. The molecule has 2 rings (SSSR count). The molecule has 2 aromatic rings. The molecule has 0 atom stereocenters. The van der Waals surface area contributed by atoms with Crippen LogP contribution in [0.2, 0.25) is 0 Å². The van der Waals surface area contributed by atoms with E-state index in [1.54, 1.807) is 12.5 Å². The minimum absolute atomic E-state index is 0.306. The maximum atomic E-state index is 6.11. The second-order valence-electron chi connectivity index (χ2n) is 4.46. The summed E-state index contributed by atoms with van der Waals surface area (Å²) >= 11 is 0. The summed E-state index contributed by atoms with van der Waals surface area (Å²) in [4.78, 5) is 8.66. The summed E-state index contributed by atoms with van der Waals surface area (Å²) in [5.41, 5.74) is 7.78. The maximum Gasteiger partial charge on any atom is 0.134 e. The third-order valence-electron chi connectivity index (χ3n) is 2.91. The highest BCUT2D eigenvalue weighted by atomic mass is 15.2. The van der Waals surface area contributed by atoms with Crippen molar-refractivity contribution in [2.24, 2.45) is 0 Å². The fourth-order valence-electron chi connectivity index (χ4n) is 1.96. The number of rotatable bonds is 3. The van der Waals surface area contributed by atoms with Crippen LogP contribution >= 0.6 is 0 Å². The van der Waals surface area contributed by atoms with Crippen molar-refractivity contribution in [3.63, 3.8) is 0 Å². The van der Waals surface area contributed by atoms with Gasteiger partial charge in [0.2, 0.25) is 0 Å². The Morgan fingerprint density at radius 2 is 2.22 bits per heavy atom. The van der Waals surface area contributed by atoms with Gasteiger partial charge in [-0.1, -0.05) is 5.92 Å². The average molecular weight is 243 g/mol. The van der Waals surface area contributed by atoms with Gasteiger partial charge in [-0.05, 0) is 20.8 Å². The SMILES string of the molecule is C#CCn1c(C)nc(-c2cncn2C(C)C)c1N. The summed E-state index contributed by atoms with van der Waals surface area (Å²) in [6, 6.07) is 0.306. The second kappa shape index (κ2) is 4.57. The third kappa shape index (κ3) is 1.86. The molecule has 0 unspecified atom stereocenters. The van der Waals surface area contributed by atoms with Crippen LogP contribution in [0.4, 0.5) is 5.82 Å². The molecule has 0 aliphatic rings. The van der Waals surface area contributed by atoms with Crippen LogP contribution in [0, 0.1) is 19.3 Å². The van der Waals surface area contributed by atoms with Crippen LogP contribution in [0.5, 0.6) is 0 Å². The van der Waals surface area contributed by atoms with Crippen molar-refractivity contribution < 1.29 is 0 Å².